The average molecular weight is 383 g/mol. The molecule has 1 fully saturated rings. The second-order valence-electron chi connectivity index (χ2n) is 7.85. The van der Waals surface area contributed by atoms with Gasteiger partial charge in [0, 0.05) is 29.4 Å². The number of H-pyrrole nitrogens is 1. The molecule has 0 radical (unpaired) electrons. The second kappa shape index (κ2) is 6.96. The summed E-state index contributed by atoms with van der Waals surface area (Å²) in [5.41, 5.74) is 3.06. The van der Waals surface area contributed by atoms with Gasteiger partial charge in [-0.25, -0.2) is 4.79 Å². The van der Waals surface area contributed by atoms with Crippen LogP contribution in [-0.4, -0.2) is 44.9 Å². The monoisotopic (exact) mass is 383 g/mol. The van der Waals surface area contributed by atoms with E-state index in [1.54, 1.807) is 4.90 Å². The summed E-state index contributed by atoms with van der Waals surface area (Å²) < 4.78 is 0. The zero-order valence-electron chi connectivity index (χ0n) is 16.1. The van der Waals surface area contributed by atoms with Crippen molar-refractivity contribution in [2.75, 3.05) is 0 Å². The number of hydrogen-bond donors (Lipinski definition) is 3. The van der Waals surface area contributed by atoms with Crippen molar-refractivity contribution in [3.8, 4) is 0 Å². The Morgan fingerprint density at radius 3 is 2.82 bits per heavy atom. The Labute approximate surface area is 163 Å². The Morgan fingerprint density at radius 1 is 1.36 bits per heavy atom. The molecule has 3 N–H and O–H groups in total. The number of carbonyl (C=O) groups is 3. The molecule has 0 aliphatic carbocycles. The van der Waals surface area contributed by atoms with Gasteiger partial charge in [-0.2, -0.15) is 0 Å². The quantitative estimate of drug-likeness (QED) is 0.737. The van der Waals surface area contributed by atoms with E-state index >= 15 is 0 Å². The fourth-order valence-corrected chi connectivity index (χ4v) is 4.55. The molecule has 0 saturated carbocycles. The number of para-hydroxylation sites is 1. The van der Waals surface area contributed by atoms with Gasteiger partial charge in [0.05, 0.1) is 6.04 Å². The molecule has 0 spiro atoms. The molecule has 2 aromatic rings. The van der Waals surface area contributed by atoms with Gasteiger partial charge in [-0.15, -0.1) is 0 Å². The number of amides is 2. The number of nitrogens with one attached hydrogen (secondary N) is 2. The molecular weight excluding hydrogens is 358 g/mol. The second-order valence-corrected chi connectivity index (χ2v) is 7.85. The molecule has 2 amide bonds. The van der Waals surface area contributed by atoms with Gasteiger partial charge in [-0.3, -0.25) is 9.59 Å². The van der Waals surface area contributed by atoms with Crippen molar-refractivity contribution in [3.05, 3.63) is 35.5 Å². The van der Waals surface area contributed by atoms with E-state index in [1.807, 2.05) is 38.1 Å². The summed E-state index contributed by atoms with van der Waals surface area (Å²) in [5, 5.41) is 13.3. The fraction of sp³-hybridized carbons (Fsp3) is 0.476. The lowest BCUT2D eigenvalue weighted by molar-refractivity contribution is -0.146. The summed E-state index contributed by atoms with van der Waals surface area (Å²) in [6.45, 7) is 3.70. The van der Waals surface area contributed by atoms with E-state index in [1.165, 1.54) is 0 Å². The number of benzene rings is 1. The van der Waals surface area contributed by atoms with E-state index in [0.29, 0.717) is 25.7 Å². The number of aromatic nitrogens is 1. The highest BCUT2D eigenvalue weighted by molar-refractivity contribution is 5.94. The van der Waals surface area contributed by atoms with E-state index in [2.05, 4.69) is 10.3 Å². The van der Waals surface area contributed by atoms with Gasteiger partial charge in [0.15, 0.2) is 0 Å². The van der Waals surface area contributed by atoms with Crippen LogP contribution in [0.4, 0.5) is 0 Å². The molecule has 148 valence electrons. The number of rotatable bonds is 5. The Hall–Kier alpha value is -2.83. The third kappa shape index (κ3) is 2.85. The molecule has 7 heteroatoms. The first-order chi connectivity index (χ1) is 13.4. The zero-order chi connectivity index (χ0) is 20.0. The molecule has 2 aliphatic heterocycles. The number of carbonyl (C=O) groups excluding carboxylic acids is 2. The smallest absolute Gasteiger partial charge is 0.326 e. The first kappa shape index (κ1) is 18.5. The van der Waals surface area contributed by atoms with Crippen LogP contribution < -0.4 is 5.32 Å². The summed E-state index contributed by atoms with van der Waals surface area (Å²) >= 11 is 0. The van der Waals surface area contributed by atoms with E-state index in [0.717, 1.165) is 22.2 Å². The van der Waals surface area contributed by atoms with Crippen LogP contribution in [0, 0.1) is 5.92 Å². The number of carboxylic acids is 1. The summed E-state index contributed by atoms with van der Waals surface area (Å²) in [6.07, 6.45) is 2.09. The normalized spacial score (nSPS) is 23.2. The van der Waals surface area contributed by atoms with Gasteiger partial charge >= 0.3 is 5.97 Å². The van der Waals surface area contributed by atoms with Gasteiger partial charge in [0.2, 0.25) is 11.8 Å². The number of nitrogens with zero attached hydrogens (tertiary/aromatic N) is 1. The van der Waals surface area contributed by atoms with E-state index in [9.17, 15) is 19.5 Å². The molecule has 28 heavy (non-hydrogen) atoms. The van der Waals surface area contributed by atoms with Gasteiger partial charge in [-0.1, -0.05) is 38.5 Å². The summed E-state index contributed by atoms with van der Waals surface area (Å²) in [5.74, 6) is -1.68. The van der Waals surface area contributed by atoms with Crippen molar-refractivity contribution < 1.29 is 19.5 Å². The number of carboxylic acid groups (broad SMARTS) is 1. The van der Waals surface area contributed by atoms with Gasteiger partial charge in [0.1, 0.15) is 12.1 Å². The summed E-state index contributed by atoms with van der Waals surface area (Å²) in [7, 11) is 0. The standard InChI is InChI=1S/C21H25N3O4/c1-3-11(2)18(21(27)28)23-20(26)16-10-13-12-6-4-5-7-14(12)22-19(13)15-8-9-17(25)24(15)16/h4-7,11,15-16,18,22H,3,8-10H2,1-2H3,(H,23,26)(H,27,28)/t11-,15+,16-,18-/m0/s1. The Bertz CT molecular complexity index is 950. The molecule has 0 bridgehead atoms. The maximum Gasteiger partial charge on any atom is 0.326 e. The van der Waals surface area contributed by atoms with Crippen molar-refractivity contribution in [2.45, 2.75) is 57.7 Å². The summed E-state index contributed by atoms with van der Waals surface area (Å²) in [6, 6.07) is 6.12. The predicted molar refractivity (Wildman–Crippen MR) is 104 cm³/mol. The van der Waals surface area contributed by atoms with Crippen LogP contribution in [0.25, 0.3) is 10.9 Å². The zero-order valence-corrected chi connectivity index (χ0v) is 16.1. The van der Waals surface area contributed by atoms with E-state index < -0.39 is 18.1 Å². The number of aromatic amines is 1. The lowest BCUT2D eigenvalue weighted by Gasteiger charge is -2.37. The van der Waals surface area contributed by atoms with Crippen LogP contribution in [0.3, 0.4) is 0 Å². The Kier molecular flexibility index (Phi) is 4.61. The predicted octanol–water partition coefficient (Wildman–Crippen LogP) is 2.37. The number of aliphatic carboxylic acids is 1. The van der Waals surface area contributed by atoms with Crippen molar-refractivity contribution in [1.29, 1.82) is 0 Å². The third-order valence-electron chi connectivity index (χ3n) is 6.25. The van der Waals surface area contributed by atoms with Gasteiger partial charge in [0.25, 0.3) is 0 Å². The lowest BCUT2D eigenvalue weighted by Crippen LogP contribution is -2.56. The molecule has 3 heterocycles. The van der Waals surface area contributed by atoms with Crippen LogP contribution in [-0.2, 0) is 20.8 Å². The van der Waals surface area contributed by atoms with Crippen LogP contribution in [0.5, 0.6) is 0 Å². The molecule has 2 aliphatic rings. The minimum absolute atomic E-state index is 0.0510. The van der Waals surface area contributed by atoms with Gasteiger partial charge in [-0.05, 0) is 24.0 Å². The topological polar surface area (TPSA) is 103 Å². The van der Waals surface area contributed by atoms with E-state index in [-0.39, 0.29) is 23.8 Å². The summed E-state index contributed by atoms with van der Waals surface area (Å²) in [4.78, 5) is 42.4. The lowest BCUT2D eigenvalue weighted by atomic mass is 9.91. The Balaban J connectivity index is 1.70. The molecule has 1 aromatic carbocycles. The first-order valence-corrected chi connectivity index (χ1v) is 9.86. The van der Waals surface area contributed by atoms with Gasteiger partial charge < -0.3 is 20.3 Å². The molecule has 7 nitrogen and oxygen atoms in total. The maximum absolute atomic E-state index is 13.1. The Morgan fingerprint density at radius 2 is 2.11 bits per heavy atom. The van der Waals surface area contributed by atoms with E-state index in [4.69, 9.17) is 0 Å². The van der Waals surface area contributed by atoms with Crippen molar-refractivity contribution in [1.82, 2.24) is 15.2 Å². The molecule has 4 atom stereocenters. The highest BCUT2D eigenvalue weighted by Crippen LogP contribution is 2.43. The molecule has 1 aromatic heterocycles. The largest absolute Gasteiger partial charge is 0.480 e. The molecular formula is C21H25N3O4. The molecule has 1 saturated heterocycles. The molecule has 4 rings (SSSR count). The maximum atomic E-state index is 13.1. The van der Waals surface area contributed by atoms with Crippen LogP contribution >= 0.6 is 0 Å². The third-order valence-corrected chi connectivity index (χ3v) is 6.25. The number of hydrogen-bond acceptors (Lipinski definition) is 3. The molecule has 0 unspecified atom stereocenters. The SMILES string of the molecule is CC[C@H](C)[C@H](NC(=O)[C@@H]1Cc2c([nH]c3ccccc23)[C@H]2CCC(=O)N21)C(=O)O. The minimum atomic E-state index is -1.05. The average Bonchev–Trinajstić information content (AvgIpc) is 3.25. The van der Waals surface area contributed by atoms with Crippen molar-refractivity contribution in [3.63, 3.8) is 0 Å². The number of fused-ring (bicyclic) bond motifs is 5. The minimum Gasteiger partial charge on any atom is -0.480 e. The van der Waals surface area contributed by atoms with Crippen LogP contribution in [0.2, 0.25) is 0 Å². The first-order valence-electron chi connectivity index (χ1n) is 9.86. The van der Waals surface area contributed by atoms with Crippen molar-refractivity contribution >= 4 is 28.7 Å². The van der Waals surface area contributed by atoms with Crippen molar-refractivity contribution in [2.24, 2.45) is 5.92 Å². The van der Waals surface area contributed by atoms with Crippen LogP contribution in [0.15, 0.2) is 24.3 Å². The van der Waals surface area contributed by atoms with Crippen LogP contribution in [0.1, 0.15) is 50.4 Å². The highest BCUT2D eigenvalue weighted by Gasteiger charge is 2.46. The highest BCUT2D eigenvalue weighted by atomic mass is 16.4. The fourth-order valence-electron chi connectivity index (χ4n) is 4.55.